The number of hydrogen-bond donors (Lipinski definition) is 0. The van der Waals surface area contributed by atoms with Gasteiger partial charge in [0.2, 0.25) is 0 Å². The minimum Gasteiger partial charge on any atom is -0.293 e. The second kappa shape index (κ2) is 4.45. The maximum Gasteiger partial charge on any atom is 0.186 e. The Labute approximate surface area is 94.9 Å². The van der Waals surface area contributed by atoms with E-state index >= 15 is 0 Å². The van der Waals surface area contributed by atoms with E-state index in [0.29, 0.717) is 12.6 Å². The summed E-state index contributed by atoms with van der Waals surface area (Å²) < 4.78 is 0. The van der Waals surface area contributed by atoms with Gasteiger partial charge < -0.3 is 0 Å². The normalized spacial score (nSPS) is 27.1. The van der Waals surface area contributed by atoms with Crippen LogP contribution >= 0.6 is 11.3 Å². The summed E-state index contributed by atoms with van der Waals surface area (Å²) in [6, 6.07) is 4.41. The van der Waals surface area contributed by atoms with Crippen LogP contribution in [0.3, 0.4) is 0 Å². The monoisotopic (exact) mass is 223 g/mol. The van der Waals surface area contributed by atoms with Gasteiger partial charge in [-0.3, -0.25) is 9.69 Å². The zero-order chi connectivity index (χ0) is 10.8. The highest BCUT2D eigenvalue weighted by Crippen LogP contribution is 2.22. The lowest BCUT2D eigenvalue weighted by Crippen LogP contribution is -2.32. The first-order chi connectivity index (χ1) is 7.16. The van der Waals surface area contributed by atoms with Crippen molar-refractivity contribution in [3.05, 3.63) is 22.4 Å². The van der Waals surface area contributed by atoms with Crippen molar-refractivity contribution in [3.8, 4) is 0 Å². The van der Waals surface area contributed by atoms with E-state index in [2.05, 4.69) is 18.7 Å². The average molecular weight is 223 g/mol. The van der Waals surface area contributed by atoms with E-state index in [0.717, 1.165) is 17.3 Å². The van der Waals surface area contributed by atoms with Gasteiger partial charge in [-0.2, -0.15) is 0 Å². The summed E-state index contributed by atoms with van der Waals surface area (Å²) in [6.07, 6.45) is 1.22. The number of thiophene rings is 1. The van der Waals surface area contributed by atoms with E-state index in [1.807, 2.05) is 17.5 Å². The SMILES string of the molecule is CC1CC(C)N(CC(=O)c2cccs2)C1. The Kier molecular flexibility index (Phi) is 3.22. The summed E-state index contributed by atoms with van der Waals surface area (Å²) >= 11 is 1.54. The number of hydrogen-bond acceptors (Lipinski definition) is 3. The quantitative estimate of drug-likeness (QED) is 0.734. The molecule has 0 bridgehead atoms. The summed E-state index contributed by atoms with van der Waals surface area (Å²) in [6.45, 7) is 6.13. The topological polar surface area (TPSA) is 20.3 Å². The number of ketones is 1. The van der Waals surface area contributed by atoms with Gasteiger partial charge >= 0.3 is 0 Å². The molecule has 0 spiro atoms. The van der Waals surface area contributed by atoms with Crippen LogP contribution in [0.4, 0.5) is 0 Å². The molecule has 1 aliphatic heterocycles. The molecule has 82 valence electrons. The molecule has 0 radical (unpaired) electrons. The van der Waals surface area contributed by atoms with Crippen LogP contribution in [0.5, 0.6) is 0 Å². The number of carbonyl (C=O) groups excluding carboxylic acids is 1. The highest BCUT2D eigenvalue weighted by Gasteiger charge is 2.27. The Bertz CT molecular complexity index is 333. The van der Waals surface area contributed by atoms with Crippen LogP contribution in [-0.4, -0.2) is 29.8 Å². The third kappa shape index (κ3) is 2.47. The molecule has 2 rings (SSSR count). The molecule has 0 aliphatic carbocycles. The van der Waals surface area contributed by atoms with Gasteiger partial charge in [0.15, 0.2) is 5.78 Å². The van der Waals surface area contributed by atoms with Gasteiger partial charge in [0.1, 0.15) is 0 Å². The molecule has 15 heavy (non-hydrogen) atoms. The number of likely N-dealkylation sites (tertiary alicyclic amines) is 1. The Morgan fingerprint density at radius 2 is 2.40 bits per heavy atom. The minimum atomic E-state index is 0.269. The van der Waals surface area contributed by atoms with E-state index in [1.165, 1.54) is 6.42 Å². The van der Waals surface area contributed by atoms with Gasteiger partial charge in [0, 0.05) is 12.6 Å². The van der Waals surface area contributed by atoms with Gasteiger partial charge in [-0.05, 0) is 30.7 Å². The molecule has 1 aromatic heterocycles. The third-order valence-corrected chi connectivity index (χ3v) is 3.97. The molecule has 1 fully saturated rings. The van der Waals surface area contributed by atoms with Crippen molar-refractivity contribution in [2.45, 2.75) is 26.3 Å². The number of Topliss-reactive ketones (excluding diaryl/α,β-unsaturated/α-hetero) is 1. The maximum absolute atomic E-state index is 11.9. The standard InChI is InChI=1S/C12H17NOS/c1-9-6-10(2)13(7-9)8-11(14)12-4-3-5-15-12/h3-5,9-10H,6-8H2,1-2H3. The summed E-state index contributed by atoms with van der Waals surface area (Å²) in [5.74, 6) is 1.00. The van der Waals surface area contributed by atoms with Crippen LogP contribution in [0.2, 0.25) is 0 Å². The Hall–Kier alpha value is -0.670. The molecule has 2 atom stereocenters. The zero-order valence-corrected chi connectivity index (χ0v) is 10.1. The van der Waals surface area contributed by atoms with Gasteiger partial charge in [0.05, 0.1) is 11.4 Å². The average Bonchev–Trinajstić information content (AvgIpc) is 2.76. The minimum absolute atomic E-state index is 0.269. The summed E-state index contributed by atoms with van der Waals surface area (Å²) in [7, 11) is 0. The molecular weight excluding hydrogens is 206 g/mol. The molecule has 2 unspecified atom stereocenters. The zero-order valence-electron chi connectivity index (χ0n) is 9.27. The molecule has 1 aromatic rings. The second-order valence-corrected chi connectivity index (χ2v) is 5.47. The van der Waals surface area contributed by atoms with Gasteiger partial charge in [-0.15, -0.1) is 11.3 Å². The van der Waals surface area contributed by atoms with Crippen LogP contribution < -0.4 is 0 Å². The maximum atomic E-state index is 11.9. The molecule has 2 heterocycles. The van der Waals surface area contributed by atoms with Crippen molar-refractivity contribution in [2.24, 2.45) is 5.92 Å². The van der Waals surface area contributed by atoms with E-state index < -0.39 is 0 Å². The molecule has 1 aliphatic rings. The van der Waals surface area contributed by atoms with Crippen LogP contribution in [0, 0.1) is 5.92 Å². The first kappa shape index (κ1) is 10.8. The highest BCUT2D eigenvalue weighted by atomic mass is 32.1. The van der Waals surface area contributed by atoms with Crippen LogP contribution in [0.15, 0.2) is 17.5 Å². The molecule has 0 N–H and O–H groups in total. The van der Waals surface area contributed by atoms with E-state index in [-0.39, 0.29) is 5.78 Å². The number of carbonyl (C=O) groups is 1. The van der Waals surface area contributed by atoms with Crippen LogP contribution in [-0.2, 0) is 0 Å². The predicted octanol–water partition coefficient (Wildman–Crippen LogP) is 2.66. The molecule has 0 aromatic carbocycles. The van der Waals surface area contributed by atoms with E-state index in [4.69, 9.17) is 0 Å². The Balaban J connectivity index is 1.95. The lowest BCUT2D eigenvalue weighted by Gasteiger charge is -2.19. The van der Waals surface area contributed by atoms with Gasteiger partial charge in [-0.1, -0.05) is 13.0 Å². The van der Waals surface area contributed by atoms with Gasteiger partial charge in [-0.25, -0.2) is 0 Å². The number of rotatable bonds is 3. The van der Waals surface area contributed by atoms with Crippen molar-refractivity contribution < 1.29 is 4.79 Å². The Morgan fingerprint density at radius 3 is 2.93 bits per heavy atom. The van der Waals surface area contributed by atoms with Crippen molar-refractivity contribution in [2.75, 3.05) is 13.1 Å². The molecule has 0 amide bonds. The van der Waals surface area contributed by atoms with Crippen LogP contribution in [0.25, 0.3) is 0 Å². The van der Waals surface area contributed by atoms with Crippen molar-refractivity contribution in [3.63, 3.8) is 0 Å². The largest absolute Gasteiger partial charge is 0.293 e. The van der Waals surface area contributed by atoms with E-state index in [9.17, 15) is 4.79 Å². The van der Waals surface area contributed by atoms with Crippen molar-refractivity contribution >= 4 is 17.1 Å². The fourth-order valence-electron chi connectivity index (χ4n) is 2.31. The lowest BCUT2D eigenvalue weighted by molar-refractivity contribution is 0.0929. The predicted molar refractivity (Wildman–Crippen MR) is 63.5 cm³/mol. The fraction of sp³-hybridized carbons (Fsp3) is 0.583. The van der Waals surface area contributed by atoms with E-state index in [1.54, 1.807) is 11.3 Å². The summed E-state index contributed by atoms with van der Waals surface area (Å²) in [5, 5.41) is 1.96. The smallest absolute Gasteiger partial charge is 0.186 e. The van der Waals surface area contributed by atoms with Gasteiger partial charge in [0.25, 0.3) is 0 Å². The first-order valence-electron chi connectivity index (χ1n) is 5.47. The number of nitrogens with zero attached hydrogens (tertiary/aromatic N) is 1. The third-order valence-electron chi connectivity index (χ3n) is 3.06. The molecule has 2 nitrogen and oxygen atoms in total. The Morgan fingerprint density at radius 1 is 1.60 bits per heavy atom. The summed E-state index contributed by atoms with van der Waals surface area (Å²) in [5.41, 5.74) is 0. The second-order valence-electron chi connectivity index (χ2n) is 4.52. The fourth-order valence-corrected chi connectivity index (χ4v) is 2.96. The molecule has 3 heteroatoms. The first-order valence-corrected chi connectivity index (χ1v) is 6.35. The van der Waals surface area contributed by atoms with Crippen molar-refractivity contribution in [1.82, 2.24) is 4.90 Å². The van der Waals surface area contributed by atoms with Crippen LogP contribution in [0.1, 0.15) is 29.9 Å². The molecule has 1 saturated heterocycles. The molecular formula is C12H17NOS. The lowest BCUT2D eigenvalue weighted by atomic mass is 10.1. The highest BCUT2D eigenvalue weighted by molar-refractivity contribution is 7.12. The van der Waals surface area contributed by atoms with Crippen molar-refractivity contribution in [1.29, 1.82) is 0 Å². The summed E-state index contributed by atoms with van der Waals surface area (Å²) in [4.78, 5) is 15.1. The molecule has 0 saturated carbocycles.